The lowest BCUT2D eigenvalue weighted by atomic mass is 10.9. The van der Waals surface area contributed by atoms with Gasteiger partial charge in [0.05, 0.1) is 6.61 Å². The second-order valence-electron chi connectivity index (χ2n) is 1.73. The summed E-state index contributed by atoms with van der Waals surface area (Å²) in [4.78, 5) is 10.7. The first-order valence-corrected chi connectivity index (χ1v) is 3.45. The number of hydrogen-bond donors (Lipinski definition) is 2. The summed E-state index contributed by atoms with van der Waals surface area (Å²) in [7, 11) is 1.53. The first-order chi connectivity index (χ1) is 5.07. The Kier molecular flexibility index (Phi) is 4.28. The predicted molar refractivity (Wildman–Crippen MR) is 44.7 cm³/mol. The van der Waals surface area contributed by atoms with E-state index in [1.807, 2.05) is 0 Å². The van der Waals surface area contributed by atoms with Crippen LogP contribution in [-0.2, 0) is 4.74 Å². The van der Waals surface area contributed by atoms with Crippen molar-refractivity contribution in [3.8, 4) is 0 Å². The number of carbonyl (C=O) groups excluding carboxylic acids is 1. The Morgan fingerprint density at radius 3 is 2.73 bits per heavy atom. The van der Waals surface area contributed by atoms with Gasteiger partial charge in [-0.1, -0.05) is 0 Å². The summed E-state index contributed by atoms with van der Waals surface area (Å²) in [6.07, 6.45) is -0.567. The Balaban J connectivity index is 3.66. The molecule has 0 rings (SSSR count). The van der Waals surface area contributed by atoms with Crippen LogP contribution in [0, 0.1) is 0 Å². The monoisotopic (exact) mass is 177 g/mol. The molecule has 5 nitrogen and oxygen atoms in total. The molecule has 0 saturated carbocycles. The van der Waals surface area contributed by atoms with Gasteiger partial charge in [0, 0.05) is 7.05 Å². The molecule has 0 aromatic rings. The van der Waals surface area contributed by atoms with E-state index >= 15 is 0 Å². The average molecular weight is 177 g/mol. The molecule has 0 aromatic carbocycles. The van der Waals surface area contributed by atoms with Crippen molar-refractivity contribution in [2.45, 2.75) is 6.92 Å². The zero-order chi connectivity index (χ0) is 8.85. The van der Waals surface area contributed by atoms with Crippen molar-refractivity contribution in [3.63, 3.8) is 0 Å². The summed E-state index contributed by atoms with van der Waals surface area (Å²) in [6.45, 7) is 2.03. The lowest BCUT2D eigenvalue weighted by molar-refractivity contribution is 0.135. The number of nitrogens with one attached hydrogen (secondary N) is 1. The summed E-state index contributed by atoms with van der Waals surface area (Å²) in [6, 6.07) is 0. The quantitative estimate of drug-likeness (QED) is 0.429. The van der Waals surface area contributed by atoms with Crippen LogP contribution in [0.15, 0.2) is 0 Å². The predicted octanol–water partition coefficient (Wildman–Crippen LogP) is -0.177. The number of hydrazine groups is 1. The SMILES string of the molecule is CCOC(=O)NN(C)C(N)=S. The second kappa shape index (κ2) is 4.73. The molecular formula is C5H11N3O2S. The Labute approximate surface area is 70.5 Å². The van der Waals surface area contributed by atoms with E-state index in [9.17, 15) is 4.79 Å². The fourth-order valence-electron chi connectivity index (χ4n) is 0.355. The van der Waals surface area contributed by atoms with E-state index in [-0.39, 0.29) is 5.11 Å². The van der Waals surface area contributed by atoms with Crippen LogP contribution in [-0.4, -0.2) is 29.9 Å². The number of hydrogen-bond acceptors (Lipinski definition) is 3. The van der Waals surface area contributed by atoms with Crippen LogP contribution in [0.5, 0.6) is 0 Å². The van der Waals surface area contributed by atoms with Crippen molar-refractivity contribution in [1.29, 1.82) is 0 Å². The minimum atomic E-state index is -0.567. The molecule has 0 spiro atoms. The zero-order valence-electron chi connectivity index (χ0n) is 6.46. The van der Waals surface area contributed by atoms with Crippen LogP contribution in [0.1, 0.15) is 6.92 Å². The van der Waals surface area contributed by atoms with Gasteiger partial charge in [-0.2, -0.15) is 0 Å². The Bertz CT molecular complexity index is 162. The van der Waals surface area contributed by atoms with E-state index in [1.54, 1.807) is 6.92 Å². The molecule has 0 heterocycles. The zero-order valence-corrected chi connectivity index (χ0v) is 7.27. The normalized spacial score (nSPS) is 8.55. The molecule has 0 aliphatic heterocycles. The maximum absolute atomic E-state index is 10.7. The average Bonchev–Trinajstić information content (AvgIpc) is 1.87. The lowest BCUT2D eigenvalue weighted by Gasteiger charge is -2.16. The highest BCUT2D eigenvalue weighted by Gasteiger charge is 2.04. The van der Waals surface area contributed by atoms with Crippen molar-refractivity contribution in [2.75, 3.05) is 13.7 Å². The van der Waals surface area contributed by atoms with E-state index in [1.165, 1.54) is 12.1 Å². The number of thiocarbonyl (C=S) groups is 1. The maximum Gasteiger partial charge on any atom is 0.426 e. The Morgan fingerprint density at radius 1 is 1.82 bits per heavy atom. The maximum atomic E-state index is 10.7. The third-order valence-corrected chi connectivity index (χ3v) is 1.14. The number of rotatable bonds is 1. The van der Waals surface area contributed by atoms with Gasteiger partial charge >= 0.3 is 6.09 Å². The van der Waals surface area contributed by atoms with Gasteiger partial charge in [-0.3, -0.25) is 5.01 Å². The van der Waals surface area contributed by atoms with Gasteiger partial charge < -0.3 is 10.5 Å². The molecule has 1 amide bonds. The number of nitrogens with two attached hydrogens (primary N) is 1. The highest BCUT2D eigenvalue weighted by Crippen LogP contribution is 1.79. The Morgan fingerprint density at radius 2 is 2.36 bits per heavy atom. The van der Waals surface area contributed by atoms with Gasteiger partial charge in [-0.25, -0.2) is 10.2 Å². The molecule has 0 atom stereocenters. The molecule has 3 N–H and O–H groups in total. The minimum Gasteiger partial charge on any atom is -0.449 e. The molecule has 0 aromatic heterocycles. The highest BCUT2D eigenvalue weighted by molar-refractivity contribution is 7.80. The van der Waals surface area contributed by atoms with Crippen LogP contribution >= 0.6 is 12.2 Å². The molecule has 0 fully saturated rings. The molecule has 0 radical (unpaired) electrons. The summed E-state index contributed by atoms with van der Waals surface area (Å²) < 4.78 is 4.56. The van der Waals surface area contributed by atoms with Crippen LogP contribution in [0.25, 0.3) is 0 Å². The number of ether oxygens (including phenoxy) is 1. The Hall–Kier alpha value is -1.04. The molecule has 11 heavy (non-hydrogen) atoms. The largest absolute Gasteiger partial charge is 0.449 e. The van der Waals surface area contributed by atoms with Crippen molar-refractivity contribution in [1.82, 2.24) is 10.4 Å². The number of amides is 1. The summed E-state index contributed by atoms with van der Waals surface area (Å²) >= 11 is 4.55. The lowest BCUT2D eigenvalue weighted by Crippen LogP contribution is -2.46. The first kappa shape index (κ1) is 9.96. The van der Waals surface area contributed by atoms with Crippen LogP contribution < -0.4 is 11.2 Å². The molecule has 64 valence electrons. The topological polar surface area (TPSA) is 67.6 Å². The van der Waals surface area contributed by atoms with Gasteiger partial charge in [0.2, 0.25) is 0 Å². The van der Waals surface area contributed by atoms with Crippen molar-refractivity contribution >= 4 is 23.4 Å². The summed E-state index contributed by atoms with van der Waals surface area (Å²) in [5.41, 5.74) is 7.45. The molecule has 6 heteroatoms. The second-order valence-corrected chi connectivity index (χ2v) is 2.15. The van der Waals surface area contributed by atoms with Gasteiger partial charge in [0.1, 0.15) is 0 Å². The smallest absolute Gasteiger partial charge is 0.426 e. The van der Waals surface area contributed by atoms with E-state index in [2.05, 4.69) is 22.4 Å². The highest BCUT2D eigenvalue weighted by atomic mass is 32.1. The molecule has 0 aliphatic rings. The van der Waals surface area contributed by atoms with Gasteiger partial charge in [-0.15, -0.1) is 0 Å². The van der Waals surface area contributed by atoms with E-state index in [0.29, 0.717) is 6.61 Å². The molecule has 0 aliphatic carbocycles. The van der Waals surface area contributed by atoms with E-state index in [4.69, 9.17) is 5.73 Å². The van der Waals surface area contributed by atoms with Crippen LogP contribution in [0.2, 0.25) is 0 Å². The van der Waals surface area contributed by atoms with Gasteiger partial charge in [0.25, 0.3) is 0 Å². The fraction of sp³-hybridized carbons (Fsp3) is 0.600. The third kappa shape index (κ3) is 4.38. The van der Waals surface area contributed by atoms with Crippen LogP contribution in [0.4, 0.5) is 4.79 Å². The standard InChI is InChI=1S/C5H11N3O2S/c1-3-10-5(9)7-8(2)4(6)11/h3H2,1-2H3,(H2,6,11)(H,7,9). The van der Waals surface area contributed by atoms with Crippen molar-refractivity contribution in [2.24, 2.45) is 5.73 Å². The summed E-state index contributed by atoms with van der Waals surface area (Å²) in [5, 5.41) is 1.28. The number of nitrogens with zero attached hydrogens (tertiary/aromatic N) is 1. The molecule has 0 bridgehead atoms. The van der Waals surface area contributed by atoms with E-state index < -0.39 is 6.09 Å². The fourth-order valence-corrected chi connectivity index (χ4v) is 0.401. The molecule has 0 unspecified atom stereocenters. The van der Waals surface area contributed by atoms with E-state index in [0.717, 1.165) is 0 Å². The van der Waals surface area contributed by atoms with Crippen LogP contribution in [0.3, 0.4) is 0 Å². The molecular weight excluding hydrogens is 166 g/mol. The van der Waals surface area contributed by atoms with Gasteiger partial charge in [0.15, 0.2) is 5.11 Å². The first-order valence-electron chi connectivity index (χ1n) is 3.04. The third-order valence-electron chi connectivity index (χ3n) is 0.865. The van der Waals surface area contributed by atoms with Crippen molar-refractivity contribution in [3.05, 3.63) is 0 Å². The van der Waals surface area contributed by atoms with Crippen molar-refractivity contribution < 1.29 is 9.53 Å². The minimum absolute atomic E-state index is 0.0815. The van der Waals surface area contributed by atoms with Gasteiger partial charge in [-0.05, 0) is 19.1 Å². The summed E-state index contributed by atoms with van der Waals surface area (Å²) in [5.74, 6) is 0. The molecule has 0 saturated heterocycles. The number of carbonyl (C=O) groups is 1.